The third kappa shape index (κ3) is 2.17. The maximum absolute atomic E-state index is 3.99. The molecule has 0 aliphatic carbocycles. The number of hydrogen-bond acceptors (Lipinski definition) is 3. The zero-order chi connectivity index (χ0) is 6.53. The van der Waals surface area contributed by atoms with Crippen LogP contribution < -0.4 is 5.32 Å². The summed E-state index contributed by atoms with van der Waals surface area (Å²) in [6, 6.07) is 0. The molecule has 0 radical (unpaired) electrons. The van der Waals surface area contributed by atoms with Crippen LogP contribution in [0.15, 0.2) is 17.4 Å². The van der Waals surface area contributed by atoms with E-state index < -0.39 is 0 Å². The van der Waals surface area contributed by atoms with Crippen LogP contribution in [-0.4, -0.2) is 24.9 Å². The van der Waals surface area contributed by atoms with Crippen molar-refractivity contribution in [3.63, 3.8) is 0 Å². The van der Waals surface area contributed by atoms with Gasteiger partial charge in [0.05, 0.1) is 0 Å². The van der Waals surface area contributed by atoms with E-state index in [1.54, 1.807) is 11.3 Å². The van der Waals surface area contributed by atoms with E-state index in [0.717, 1.165) is 13.0 Å². The van der Waals surface area contributed by atoms with Crippen molar-refractivity contribution < 1.29 is 0 Å². The third-order valence-electron chi connectivity index (χ3n) is 1.11. The second-order valence-corrected chi connectivity index (χ2v) is 1.95. The second kappa shape index (κ2) is 3.12. The summed E-state index contributed by atoms with van der Waals surface area (Å²) in [7, 11) is 1.90. The van der Waals surface area contributed by atoms with Crippen molar-refractivity contribution in [2.75, 3.05) is 13.6 Å². The molecule has 0 saturated heterocycles. The summed E-state index contributed by atoms with van der Waals surface area (Å²) in [5.74, 6) is 0. The van der Waals surface area contributed by atoms with E-state index in [2.05, 4.69) is 16.5 Å². The summed E-state index contributed by atoms with van der Waals surface area (Å²) in [6.07, 6.45) is 6.82. The van der Waals surface area contributed by atoms with Gasteiger partial charge in [0.25, 0.3) is 0 Å². The van der Waals surface area contributed by atoms with Crippen LogP contribution in [0.25, 0.3) is 0 Å². The van der Waals surface area contributed by atoms with Crippen LogP contribution in [0, 0.1) is 0 Å². The molecule has 0 aromatic heterocycles. The zero-order valence-corrected chi connectivity index (χ0v) is 5.54. The van der Waals surface area contributed by atoms with Crippen LogP contribution in [0.4, 0.5) is 0 Å². The van der Waals surface area contributed by atoms with Crippen molar-refractivity contribution in [2.24, 2.45) is 5.10 Å². The van der Waals surface area contributed by atoms with Crippen LogP contribution >= 0.6 is 0 Å². The van der Waals surface area contributed by atoms with Gasteiger partial charge in [-0.2, -0.15) is 5.10 Å². The number of hydrogen-bond donors (Lipinski definition) is 1. The van der Waals surface area contributed by atoms with Crippen molar-refractivity contribution in [3.8, 4) is 0 Å². The summed E-state index contributed by atoms with van der Waals surface area (Å²) in [6.45, 7) is 0.980. The Balaban J connectivity index is 2.44. The Bertz CT molecular complexity index is 114. The van der Waals surface area contributed by atoms with Crippen molar-refractivity contribution in [3.05, 3.63) is 12.3 Å². The molecule has 0 unspecified atom stereocenters. The van der Waals surface area contributed by atoms with Gasteiger partial charge in [0.1, 0.15) is 6.34 Å². The van der Waals surface area contributed by atoms with Crippen LogP contribution in [0.3, 0.4) is 0 Å². The van der Waals surface area contributed by atoms with Gasteiger partial charge >= 0.3 is 0 Å². The highest BCUT2D eigenvalue weighted by atomic mass is 15.4. The lowest BCUT2D eigenvalue weighted by Crippen LogP contribution is -2.16. The Morgan fingerprint density at radius 2 is 2.56 bits per heavy atom. The Morgan fingerprint density at radius 3 is 3.44 bits per heavy atom. The number of rotatable bonds is 0. The smallest absolute Gasteiger partial charge is 0.109 e. The lowest BCUT2D eigenvalue weighted by Gasteiger charge is -2.08. The minimum absolute atomic E-state index is 0.980. The summed E-state index contributed by atoms with van der Waals surface area (Å²) in [5, 5.41) is 8.80. The Kier molecular flexibility index (Phi) is 2.13. The second-order valence-electron chi connectivity index (χ2n) is 1.95. The van der Waals surface area contributed by atoms with Gasteiger partial charge in [-0.3, -0.25) is 5.01 Å². The molecule has 0 saturated carbocycles. The summed E-state index contributed by atoms with van der Waals surface area (Å²) in [4.78, 5) is 0. The lowest BCUT2D eigenvalue weighted by atomic mass is 10.4. The quantitative estimate of drug-likeness (QED) is 0.506. The molecule has 0 spiro atoms. The molecular formula is C6H11N3. The maximum Gasteiger partial charge on any atom is 0.109 e. The van der Waals surface area contributed by atoms with Gasteiger partial charge < -0.3 is 5.32 Å². The first-order chi connectivity index (χ1) is 4.39. The fourth-order valence-electron chi connectivity index (χ4n) is 0.629. The van der Waals surface area contributed by atoms with E-state index >= 15 is 0 Å². The summed E-state index contributed by atoms with van der Waals surface area (Å²) < 4.78 is 0. The molecule has 0 aromatic carbocycles. The van der Waals surface area contributed by atoms with E-state index in [1.165, 1.54) is 0 Å². The Hall–Kier alpha value is -0.990. The first-order valence-electron chi connectivity index (χ1n) is 3.05. The fourth-order valence-corrected chi connectivity index (χ4v) is 0.629. The lowest BCUT2D eigenvalue weighted by molar-refractivity contribution is 0.484. The molecule has 1 N–H and O–H groups in total. The number of hydrazone groups is 1. The normalized spacial score (nSPS) is 25.7. The van der Waals surface area contributed by atoms with Crippen molar-refractivity contribution in [1.29, 1.82) is 0 Å². The van der Waals surface area contributed by atoms with Crippen LogP contribution in [0.1, 0.15) is 6.42 Å². The molecule has 9 heavy (non-hydrogen) atoms. The standard InChI is InChI=1S/C6H11N3/c1-9-5-3-2-4-7-6-8-9/h3,5-6H,2,4H2,1H3,(H,7,8)/b5-3+. The minimum Gasteiger partial charge on any atom is -0.374 e. The van der Waals surface area contributed by atoms with E-state index in [4.69, 9.17) is 0 Å². The first-order valence-corrected chi connectivity index (χ1v) is 3.05. The first kappa shape index (κ1) is 6.13. The Morgan fingerprint density at radius 1 is 1.67 bits per heavy atom. The SMILES string of the molecule is CN1/C=C/CCN/C=N\1. The largest absolute Gasteiger partial charge is 0.374 e. The highest BCUT2D eigenvalue weighted by Gasteiger charge is 1.86. The fraction of sp³-hybridized carbons (Fsp3) is 0.500. The molecular weight excluding hydrogens is 114 g/mol. The average Bonchev–Trinajstić information content (AvgIpc) is 1.79. The monoisotopic (exact) mass is 125 g/mol. The van der Waals surface area contributed by atoms with Crippen molar-refractivity contribution in [1.82, 2.24) is 10.3 Å². The van der Waals surface area contributed by atoms with Crippen LogP contribution in [-0.2, 0) is 0 Å². The number of nitrogens with zero attached hydrogens (tertiary/aromatic N) is 2. The minimum atomic E-state index is 0.980. The summed E-state index contributed by atoms with van der Waals surface area (Å²) >= 11 is 0. The third-order valence-corrected chi connectivity index (χ3v) is 1.11. The van der Waals surface area contributed by atoms with Gasteiger partial charge in [-0.1, -0.05) is 6.08 Å². The molecule has 0 amide bonds. The van der Waals surface area contributed by atoms with E-state index in [9.17, 15) is 0 Å². The van der Waals surface area contributed by atoms with Gasteiger partial charge in [-0.25, -0.2) is 0 Å². The highest BCUT2D eigenvalue weighted by Crippen LogP contribution is 1.88. The molecule has 50 valence electrons. The van der Waals surface area contributed by atoms with Gasteiger partial charge in [0, 0.05) is 19.8 Å². The van der Waals surface area contributed by atoms with Gasteiger partial charge in [-0.05, 0) is 6.42 Å². The highest BCUT2D eigenvalue weighted by molar-refractivity contribution is 5.53. The predicted molar refractivity (Wildman–Crippen MR) is 38.0 cm³/mol. The number of nitrogens with one attached hydrogen (secondary N) is 1. The topological polar surface area (TPSA) is 27.6 Å². The van der Waals surface area contributed by atoms with Gasteiger partial charge in [-0.15, -0.1) is 0 Å². The van der Waals surface area contributed by atoms with Crippen molar-refractivity contribution in [2.45, 2.75) is 6.42 Å². The molecule has 3 nitrogen and oxygen atoms in total. The van der Waals surface area contributed by atoms with E-state index in [0.29, 0.717) is 0 Å². The average molecular weight is 125 g/mol. The molecule has 0 atom stereocenters. The van der Waals surface area contributed by atoms with Crippen molar-refractivity contribution >= 4 is 6.34 Å². The zero-order valence-electron chi connectivity index (χ0n) is 5.54. The van der Waals surface area contributed by atoms with Crippen LogP contribution in [0.5, 0.6) is 0 Å². The molecule has 1 heterocycles. The molecule has 0 aromatic rings. The molecule has 0 fully saturated rings. The molecule has 3 heteroatoms. The van der Waals surface area contributed by atoms with Gasteiger partial charge in [0.15, 0.2) is 0 Å². The Labute approximate surface area is 55.0 Å². The molecule has 1 aliphatic heterocycles. The molecule has 1 rings (SSSR count). The van der Waals surface area contributed by atoms with E-state index in [1.807, 2.05) is 13.2 Å². The molecule has 1 aliphatic rings. The van der Waals surface area contributed by atoms with E-state index in [-0.39, 0.29) is 0 Å². The molecule has 0 bridgehead atoms. The van der Waals surface area contributed by atoms with Gasteiger partial charge in [0.2, 0.25) is 0 Å². The predicted octanol–water partition coefficient (Wildman–Crippen LogP) is 0.368. The maximum atomic E-state index is 3.99. The van der Waals surface area contributed by atoms with Crippen LogP contribution in [0.2, 0.25) is 0 Å². The summed E-state index contributed by atoms with van der Waals surface area (Å²) in [5.41, 5.74) is 0.